The van der Waals surface area contributed by atoms with E-state index in [4.69, 9.17) is 9.97 Å². The molecule has 338 valence electrons. The molecule has 6 aromatic rings. The van der Waals surface area contributed by atoms with Gasteiger partial charge in [-0.1, -0.05) is 236 Å². The fourth-order valence-electron chi connectivity index (χ4n) is 11.8. The van der Waals surface area contributed by atoms with Crippen molar-refractivity contribution in [2.45, 2.75) is 123 Å². The third kappa shape index (κ3) is 9.17. The van der Waals surface area contributed by atoms with Crippen LogP contribution in [0.2, 0.25) is 0 Å². The first-order chi connectivity index (χ1) is 32.9. The van der Waals surface area contributed by atoms with Gasteiger partial charge in [0.2, 0.25) is 0 Å². The second kappa shape index (κ2) is 20.0. The van der Waals surface area contributed by atoms with E-state index in [1.807, 2.05) is 0 Å². The van der Waals surface area contributed by atoms with E-state index in [-0.39, 0.29) is 5.41 Å². The van der Waals surface area contributed by atoms with Gasteiger partial charge in [-0.15, -0.1) is 0 Å². The van der Waals surface area contributed by atoms with E-state index < -0.39 is 0 Å². The topological polar surface area (TPSA) is 25.8 Å². The molecule has 5 aromatic carbocycles. The van der Waals surface area contributed by atoms with Gasteiger partial charge < -0.3 is 0 Å². The zero-order valence-electron chi connectivity index (χ0n) is 40.5. The quantitative estimate of drug-likeness (QED) is 0.0758. The van der Waals surface area contributed by atoms with E-state index in [2.05, 4.69) is 185 Å². The molecule has 0 spiro atoms. The Morgan fingerprint density at radius 1 is 0.493 bits per heavy atom. The minimum absolute atomic E-state index is 0.0153. The normalized spacial score (nSPS) is 17.2. The standard InChI is InChI=1S/C65H68N2/c1-5-7-9-11-13-17-36-65(37-18-14-12-10-8-6-2)59-39-46(4)30-34-57(59)58-35-33-51(43-60(58)65)62-44-61(66-64(67-62)54-41-52-27-20-23-47-31-32-53(42-54)63(47)52)50-26-21-25-49(40-50)56-29-16-15-28-55(56)48-24-19-22-45(3)38-48/h15-16,19-35,38-44,53,63H,5-14,17-18,36-37H2,1-4H3. The van der Waals surface area contributed by atoms with Crippen LogP contribution in [-0.4, -0.2) is 9.97 Å². The molecular weight excluding hydrogens is 809 g/mol. The molecule has 0 bridgehead atoms. The summed E-state index contributed by atoms with van der Waals surface area (Å²) < 4.78 is 0. The maximum absolute atomic E-state index is 5.57. The van der Waals surface area contributed by atoms with Crippen molar-refractivity contribution in [2.24, 2.45) is 11.8 Å². The zero-order valence-corrected chi connectivity index (χ0v) is 40.5. The van der Waals surface area contributed by atoms with Crippen molar-refractivity contribution in [3.63, 3.8) is 0 Å². The Hall–Kier alpha value is -6.12. The summed E-state index contributed by atoms with van der Waals surface area (Å²) in [7, 11) is 0. The van der Waals surface area contributed by atoms with Gasteiger partial charge in [0.25, 0.3) is 0 Å². The molecule has 2 atom stereocenters. The van der Waals surface area contributed by atoms with Gasteiger partial charge >= 0.3 is 0 Å². The number of nitrogens with zero attached hydrogens (tertiary/aromatic N) is 2. The van der Waals surface area contributed by atoms with Gasteiger partial charge in [-0.25, -0.2) is 9.97 Å². The summed E-state index contributed by atoms with van der Waals surface area (Å²) in [6.45, 7) is 9.10. The predicted octanol–water partition coefficient (Wildman–Crippen LogP) is 18.2. The number of rotatable bonds is 19. The molecular formula is C65H68N2. The van der Waals surface area contributed by atoms with Gasteiger partial charge in [0.15, 0.2) is 5.82 Å². The molecule has 0 amide bonds. The number of aryl methyl sites for hydroxylation is 2. The van der Waals surface area contributed by atoms with Crippen molar-refractivity contribution >= 4 is 5.57 Å². The molecule has 4 aliphatic rings. The van der Waals surface area contributed by atoms with Crippen molar-refractivity contribution in [1.29, 1.82) is 0 Å². The summed E-state index contributed by atoms with van der Waals surface area (Å²) in [4.78, 5) is 11.1. The zero-order chi connectivity index (χ0) is 45.7. The van der Waals surface area contributed by atoms with Crippen molar-refractivity contribution in [1.82, 2.24) is 9.97 Å². The Morgan fingerprint density at radius 3 is 1.79 bits per heavy atom. The monoisotopic (exact) mass is 877 g/mol. The molecule has 0 radical (unpaired) electrons. The van der Waals surface area contributed by atoms with E-state index in [0.29, 0.717) is 11.8 Å². The number of fused-ring (bicyclic) bond motifs is 3. The SMILES string of the molecule is CCCCCCCCC1(CCCCCCCC)c2cc(C)ccc2-c2ccc(-c3cc(-c4cccc(-c5ccccc5-c5cccc(C)c5)c4)nc(C4=CC5C=CC6=CC=CC(=C4)C65)n3)cc21. The summed E-state index contributed by atoms with van der Waals surface area (Å²) in [6, 6.07) is 43.6. The van der Waals surface area contributed by atoms with Crippen LogP contribution < -0.4 is 0 Å². The van der Waals surface area contributed by atoms with Crippen LogP contribution in [0.5, 0.6) is 0 Å². The minimum Gasteiger partial charge on any atom is -0.228 e. The predicted molar refractivity (Wildman–Crippen MR) is 285 cm³/mol. The van der Waals surface area contributed by atoms with Crippen LogP contribution in [0.1, 0.15) is 132 Å². The third-order valence-corrected chi connectivity index (χ3v) is 15.3. The summed E-state index contributed by atoms with van der Waals surface area (Å²) >= 11 is 0. The molecule has 0 aliphatic heterocycles. The van der Waals surface area contributed by atoms with Gasteiger partial charge in [-0.2, -0.15) is 0 Å². The summed E-state index contributed by atoms with van der Waals surface area (Å²) in [6.07, 6.45) is 34.3. The highest BCUT2D eigenvalue weighted by Gasteiger charge is 2.42. The van der Waals surface area contributed by atoms with Crippen molar-refractivity contribution in [3.8, 4) is 55.9 Å². The lowest BCUT2D eigenvalue weighted by Crippen LogP contribution is -2.25. The van der Waals surface area contributed by atoms with Crippen LogP contribution in [-0.2, 0) is 5.41 Å². The van der Waals surface area contributed by atoms with Crippen LogP contribution in [0.25, 0.3) is 61.5 Å². The Kier molecular flexibility index (Phi) is 13.3. The van der Waals surface area contributed by atoms with Gasteiger partial charge in [0.05, 0.1) is 11.4 Å². The van der Waals surface area contributed by atoms with Gasteiger partial charge in [-0.05, 0) is 107 Å². The molecule has 2 unspecified atom stereocenters. The Labute approximate surface area is 401 Å². The van der Waals surface area contributed by atoms with E-state index in [1.54, 1.807) is 5.56 Å². The molecule has 1 heterocycles. The second-order valence-electron chi connectivity index (χ2n) is 20.1. The number of hydrogen-bond donors (Lipinski definition) is 0. The lowest BCUT2D eigenvalue weighted by Gasteiger charge is -2.33. The van der Waals surface area contributed by atoms with Crippen LogP contribution in [0.15, 0.2) is 169 Å². The number of allylic oxidation sites excluding steroid dienone is 10. The molecule has 2 heteroatoms. The minimum atomic E-state index is -0.0153. The highest BCUT2D eigenvalue weighted by atomic mass is 14.9. The lowest BCUT2D eigenvalue weighted by molar-refractivity contribution is 0.398. The van der Waals surface area contributed by atoms with Gasteiger partial charge in [-0.3, -0.25) is 0 Å². The average molecular weight is 877 g/mol. The molecule has 1 aromatic heterocycles. The second-order valence-corrected chi connectivity index (χ2v) is 20.1. The molecule has 4 aliphatic carbocycles. The first kappa shape index (κ1) is 44.7. The Balaban J connectivity index is 1.09. The molecule has 0 saturated carbocycles. The Bertz CT molecular complexity index is 2920. The highest BCUT2D eigenvalue weighted by Crippen LogP contribution is 2.55. The van der Waals surface area contributed by atoms with E-state index in [0.717, 1.165) is 28.3 Å². The lowest BCUT2D eigenvalue weighted by atomic mass is 9.70. The molecule has 0 saturated heterocycles. The molecule has 0 fully saturated rings. The van der Waals surface area contributed by atoms with E-state index in [1.165, 1.54) is 157 Å². The van der Waals surface area contributed by atoms with Crippen molar-refractivity contribution < 1.29 is 0 Å². The molecule has 2 nitrogen and oxygen atoms in total. The maximum Gasteiger partial charge on any atom is 0.160 e. The third-order valence-electron chi connectivity index (χ3n) is 15.3. The number of unbranched alkanes of at least 4 members (excludes halogenated alkanes) is 10. The van der Waals surface area contributed by atoms with Crippen molar-refractivity contribution in [2.75, 3.05) is 0 Å². The van der Waals surface area contributed by atoms with Gasteiger partial charge in [0.1, 0.15) is 0 Å². The largest absolute Gasteiger partial charge is 0.228 e. The summed E-state index contributed by atoms with van der Waals surface area (Å²) in [5.41, 5.74) is 21.4. The molecule has 0 N–H and O–H groups in total. The first-order valence-corrected chi connectivity index (χ1v) is 25.8. The van der Waals surface area contributed by atoms with Crippen LogP contribution >= 0.6 is 0 Å². The molecule has 10 rings (SSSR count). The summed E-state index contributed by atoms with van der Waals surface area (Å²) in [5.74, 6) is 1.48. The smallest absolute Gasteiger partial charge is 0.160 e. The van der Waals surface area contributed by atoms with Crippen LogP contribution in [0.4, 0.5) is 0 Å². The fraction of sp³-hybridized carbons (Fsp3) is 0.323. The Morgan fingerprint density at radius 2 is 1.09 bits per heavy atom. The summed E-state index contributed by atoms with van der Waals surface area (Å²) in [5, 5.41) is 0. The van der Waals surface area contributed by atoms with E-state index in [9.17, 15) is 0 Å². The van der Waals surface area contributed by atoms with Crippen molar-refractivity contribution in [3.05, 3.63) is 197 Å². The average Bonchev–Trinajstić information content (AvgIpc) is 3.90. The highest BCUT2D eigenvalue weighted by molar-refractivity contribution is 5.87. The fourth-order valence-corrected chi connectivity index (χ4v) is 11.8. The first-order valence-electron chi connectivity index (χ1n) is 25.8. The number of hydrogen-bond acceptors (Lipinski definition) is 2. The maximum atomic E-state index is 5.57. The number of benzene rings is 5. The molecule has 67 heavy (non-hydrogen) atoms. The number of aromatic nitrogens is 2. The van der Waals surface area contributed by atoms with E-state index >= 15 is 0 Å². The van der Waals surface area contributed by atoms with Gasteiger partial charge in [0, 0.05) is 34.0 Å². The van der Waals surface area contributed by atoms with Crippen LogP contribution in [0.3, 0.4) is 0 Å². The van der Waals surface area contributed by atoms with Crippen LogP contribution in [0, 0.1) is 25.7 Å².